The molecule has 14 heteroatoms. The zero-order valence-corrected chi connectivity index (χ0v) is 31.2. The number of amides is 2. The minimum atomic E-state index is -4.69. The monoisotopic (exact) mass is 766 g/mol. The molecule has 1 saturated carbocycles. The molecule has 2 amide bonds. The van der Waals surface area contributed by atoms with Gasteiger partial charge in [-0.1, -0.05) is 91.0 Å². The summed E-state index contributed by atoms with van der Waals surface area (Å²) in [5.41, 5.74) is 1.19. The highest BCUT2D eigenvalue weighted by Gasteiger charge is 2.37. The summed E-state index contributed by atoms with van der Waals surface area (Å²) < 4.78 is 35.4. The molecule has 0 bridgehead atoms. The highest BCUT2D eigenvalue weighted by atomic mass is 35.5. The normalized spacial score (nSPS) is 13.9. The molecular formula is C38H40Cl2N4O7S. The molecule has 11 nitrogen and oxygen atoms in total. The van der Waals surface area contributed by atoms with E-state index in [4.69, 9.17) is 27.9 Å². The van der Waals surface area contributed by atoms with Gasteiger partial charge in [0, 0.05) is 40.7 Å². The van der Waals surface area contributed by atoms with Crippen molar-refractivity contribution in [1.82, 2.24) is 10.2 Å². The molecule has 0 radical (unpaired) electrons. The highest BCUT2D eigenvalue weighted by molar-refractivity contribution is 7.92. The second kappa shape index (κ2) is 17.2. The van der Waals surface area contributed by atoms with Crippen LogP contribution in [-0.4, -0.2) is 55.8 Å². The van der Waals surface area contributed by atoms with Gasteiger partial charge in [0.1, 0.15) is 18.3 Å². The molecule has 0 saturated heterocycles. The van der Waals surface area contributed by atoms with Crippen molar-refractivity contribution in [2.75, 3.05) is 18.0 Å². The Morgan fingerprint density at radius 1 is 0.923 bits per heavy atom. The Kier molecular flexibility index (Phi) is 12.8. The Morgan fingerprint density at radius 2 is 1.62 bits per heavy atom. The van der Waals surface area contributed by atoms with Crippen molar-refractivity contribution in [2.24, 2.45) is 0 Å². The van der Waals surface area contributed by atoms with Crippen molar-refractivity contribution in [2.45, 2.75) is 69.0 Å². The summed E-state index contributed by atoms with van der Waals surface area (Å²) in [6.45, 7) is 0.615. The number of rotatable bonds is 14. The summed E-state index contributed by atoms with van der Waals surface area (Å²) in [6, 6.07) is 22.8. The number of nitro benzene ring substituents is 1. The fraction of sp³-hybridized carbons (Fsp3) is 0.316. The van der Waals surface area contributed by atoms with E-state index in [-0.39, 0.29) is 46.9 Å². The molecule has 0 unspecified atom stereocenters. The Morgan fingerprint density at radius 3 is 2.29 bits per heavy atom. The SMILES string of the molecule is COc1ccc(Cl)cc1N(CC(=O)N(Cc1cccc(Cl)c1)[C@@H](Cc1ccccc1)C(=O)NC1CCCCC1)S(=O)(=O)c1ccc(C)c([N+](=O)[O-])c1. The number of hydrogen-bond acceptors (Lipinski definition) is 7. The number of nitro groups is 1. The number of anilines is 1. The van der Waals surface area contributed by atoms with Crippen LogP contribution in [0.15, 0.2) is 95.9 Å². The number of nitrogens with one attached hydrogen (secondary N) is 1. The van der Waals surface area contributed by atoms with Crippen LogP contribution in [0, 0.1) is 17.0 Å². The zero-order valence-electron chi connectivity index (χ0n) is 28.8. The first-order valence-electron chi connectivity index (χ1n) is 16.9. The Balaban J connectivity index is 1.63. The highest BCUT2D eigenvalue weighted by Crippen LogP contribution is 2.36. The first-order chi connectivity index (χ1) is 24.9. The van der Waals surface area contributed by atoms with Crippen LogP contribution in [0.5, 0.6) is 5.75 Å². The Hall–Kier alpha value is -4.65. The van der Waals surface area contributed by atoms with E-state index in [1.807, 2.05) is 30.3 Å². The lowest BCUT2D eigenvalue weighted by Gasteiger charge is -2.35. The van der Waals surface area contributed by atoms with E-state index in [9.17, 15) is 28.1 Å². The maximum atomic E-state index is 14.9. The molecule has 4 aromatic carbocycles. The van der Waals surface area contributed by atoms with Crippen molar-refractivity contribution in [3.8, 4) is 5.75 Å². The van der Waals surface area contributed by atoms with Gasteiger partial charge in [-0.05, 0) is 67.3 Å². The molecule has 1 fully saturated rings. The average Bonchev–Trinajstić information content (AvgIpc) is 3.12. The molecule has 52 heavy (non-hydrogen) atoms. The maximum Gasteiger partial charge on any atom is 0.273 e. The molecule has 4 aromatic rings. The lowest BCUT2D eigenvalue weighted by Crippen LogP contribution is -2.55. The topological polar surface area (TPSA) is 139 Å². The zero-order chi connectivity index (χ0) is 37.4. The molecule has 1 aliphatic rings. The summed E-state index contributed by atoms with van der Waals surface area (Å²) in [7, 11) is -3.35. The fourth-order valence-corrected chi connectivity index (χ4v) is 8.19. The van der Waals surface area contributed by atoms with E-state index in [1.165, 1.54) is 49.3 Å². The van der Waals surface area contributed by atoms with Gasteiger partial charge in [0.05, 0.1) is 22.6 Å². The number of methoxy groups -OCH3 is 1. The van der Waals surface area contributed by atoms with E-state index < -0.39 is 44.0 Å². The number of nitrogens with zero attached hydrogens (tertiary/aromatic N) is 3. The summed E-state index contributed by atoms with van der Waals surface area (Å²) >= 11 is 12.7. The summed E-state index contributed by atoms with van der Waals surface area (Å²) in [5, 5.41) is 15.6. The van der Waals surface area contributed by atoms with Crippen molar-refractivity contribution >= 4 is 56.4 Å². The van der Waals surface area contributed by atoms with Gasteiger partial charge in [0.15, 0.2) is 0 Å². The van der Waals surface area contributed by atoms with E-state index >= 15 is 0 Å². The van der Waals surface area contributed by atoms with E-state index in [0.717, 1.165) is 48.0 Å². The Bertz CT molecular complexity index is 2030. The van der Waals surface area contributed by atoms with Crippen molar-refractivity contribution in [3.05, 3.63) is 128 Å². The second-order valence-electron chi connectivity index (χ2n) is 12.7. The van der Waals surface area contributed by atoms with Crippen molar-refractivity contribution in [1.29, 1.82) is 0 Å². The minimum absolute atomic E-state index is 0.0624. The second-order valence-corrected chi connectivity index (χ2v) is 15.5. The van der Waals surface area contributed by atoms with Crippen LogP contribution in [0.1, 0.15) is 48.8 Å². The third kappa shape index (κ3) is 9.41. The molecule has 1 aliphatic carbocycles. The lowest BCUT2D eigenvalue weighted by molar-refractivity contribution is -0.385. The third-order valence-electron chi connectivity index (χ3n) is 9.12. The Labute approximate surface area is 313 Å². The third-order valence-corrected chi connectivity index (χ3v) is 11.3. The van der Waals surface area contributed by atoms with Gasteiger partial charge in [0.25, 0.3) is 15.7 Å². The van der Waals surface area contributed by atoms with E-state index in [0.29, 0.717) is 10.6 Å². The van der Waals surface area contributed by atoms with Crippen LogP contribution in [0.25, 0.3) is 0 Å². The largest absolute Gasteiger partial charge is 0.495 e. The van der Waals surface area contributed by atoms with Crippen LogP contribution >= 0.6 is 23.2 Å². The van der Waals surface area contributed by atoms with Gasteiger partial charge in [-0.15, -0.1) is 0 Å². The van der Waals surface area contributed by atoms with Gasteiger partial charge >= 0.3 is 0 Å². The standard InChI is InChI=1S/C38H40Cl2N4O7S/c1-26-16-18-32(23-33(26)44(47)48)52(49,50)43(34-22-30(40)17-19-36(34)51-2)25-37(45)42(24-28-12-9-13-29(39)20-28)35(21-27-10-5-3-6-11-27)38(46)41-31-14-7-4-8-15-31/h3,5-6,9-13,16-20,22-23,31,35H,4,7-8,14-15,21,24-25H2,1-2H3,(H,41,46)/t35-/m0/s1. The van der Waals surface area contributed by atoms with Gasteiger partial charge < -0.3 is 15.0 Å². The molecule has 0 aliphatic heterocycles. The number of carbonyl (C=O) groups is 2. The van der Waals surface area contributed by atoms with Crippen LogP contribution in [-0.2, 0) is 32.6 Å². The van der Waals surface area contributed by atoms with Crippen LogP contribution in [0.3, 0.4) is 0 Å². The van der Waals surface area contributed by atoms with E-state index in [2.05, 4.69) is 5.32 Å². The number of sulfonamides is 1. The predicted octanol–water partition coefficient (Wildman–Crippen LogP) is 7.50. The summed E-state index contributed by atoms with van der Waals surface area (Å²) in [6.07, 6.45) is 4.81. The number of aryl methyl sites for hydroxylation is 1. The molecule has 0 aromatic heterocycles. The smallest absolute Gasteiger partial charge is 0.273 e. The van der Waals surface area contributed by atoms with Crippen LogP contribution < -0.4 is 14.4 Å². The number of hydrogen-bond donors (Lipinski definition) is 1. The van der Waals surface area contributed by atoms with Crippen LogP contribution in [0.2, 0.25) is 10.0 Å². The number of benzene rings is 4. The van der Waals surface area contributed by atoms with Gasteiger partial charge in [0.2, 0.25) is 11.8 Å². The molecule has 274 valence electrons. The molecule has 0 spiro atoms. The van der Waals surface area contributed by atoms with Gasteiger partial charge in [-0.25, -0.2) is 8.42 Å². The van der Waals surface area contributed by atoms with E-state index in [1.54, 1.807) is 24.3 Å². The lowest BCUT2D eigenvalue weighted by atomic mass is 9.94. The minimum Gasteiger partial charge on any atom is -0.495 e. The first-order valence-corrected chi connectivity index (χ1v) is 19.1. The first kappa shape index (κ1) is 38.6. The van der Waals surface area contributed by atoms with Crippen LogP contribution in [0.4, 0.5) is 11.4 Å². The fourth-order valence-electron chi connectivity index (χ4n) is 6.38. The maximum absolute atomic E-state index is 14.9. The summed E-state index contributed by atoms with van der Waals surface area (Å²) in [4.78, 5) is 41.3. The molecule has 5 rings (SSSR count). The molecular weight excluding hydrogens is 727 g/mol. The van der Waals surface area contributed by atoms with Crippen molar-refractivity contribution in [3.63, 3.8) is 0 Å². The van der Waals surface area contributed by atoms with Crippen molar-refractivity contribution < 1.29 is 27.7 Å². The average molecular weight is 768 g/mol. The summed E-state index contributed by atoms with van der Waals surface area (Å²) in [5.74, 6) is -0.999. The van der Waals surface area contributed by atoms with Gasteiger partial charge in [-0.3, -0.25) is 24.0 Å². The molecule has 0 heterocycles. The molecule has 1 atom stereocenters. The number of halogens is 2. The predicted molar refractivity (Wildman–Crippen MR) is 201 cm³/mol. The number of ether oxygens (including phenoxy) is 1. The quantitative estimate of drug-likeness (QED) is 0.104. The molecule has 1 N–H and O–H groups in total. The van der Waals surface area contributed by atoms with Gasteiger partial charge in [-0.2, -0.15) is 0 Å². The number of carbonyl (C=O) groups excluding carboxylic acids is 2.